The molecule has 0 atom stereocenters. The summed E-state index contributed by atoms with van der Waals surface area (Å²) in [4.78, 5) is 13.3. The van der Waals surface area contributed by atoms with Gasteiger partial charge in [0, 0.05) is 30.5 Å². The zero-order valence-corrected chi connectivity index (χ0v) is 15.8. The van der Waals surface area contributed by atoms with E-state index in [4.69, 9.17) is 16.3 Å². The summed E-state index contributed by atoms with van der Waals surface area (Å²) in [5.41, 5.74) is 2.31. The molecule has 4 nitrogen and oxygen atoms in total. The van der Waals surface area contributed by atoms with Gasteiger partial charge in [0.15, 0.2) is 0 Å². The van der Waals surface area contributed by atoms with Gasteiger partial charge < -0.3 is 15.4 Å². The molecule has 0 saturated carbocycles. The second-order valence-electron chi connectivity index (χ2n) is 6.64. The maximum atomic E-state index is 13.3. The smallest absolute Gasteiger partial charge is 0.235 e. The Morgan fingerprint density at radius 2 is 1.92 bits per heavy atom. The van der Waals surface area contributed by atoms with Crippen LogP contribution in [0.5, 0.6) is 0 Å². The molecule has 3 rings (SSSR count). The van der Waals surface area contributed by atoms with E-state index < -0.39 is 5.41 Å². The van der Waals surface area contributed by atoms with Crippen molar-refractivity contribution in [1.29, 1.82) is 0 Å². The Balaban J connectivity index is 1.85. The summed E-state index contributed by atoms with van der Waals surface area (Å²) in [7, 11) is 0. The van der Waals surface area contributed by atoms with Gasteiger partial charge in [-0.25, -0.2) is 0 Å². The number of rotatable bonds is 6. The molecule has 5 heteroatoms. The second-order valence-corrected chi connectivity index (χ2v) is 7.08. The molecule has 1 aliphatic heterocycles. The zero-order valence-electron chi connectivity index (χ0n) is 15.1. The molecule has 1 fully saturated rings. The quantitative estimate of drug-likeness (QED) is 0.801. The van der Waals surface area contributed by atoms with Crippen LogP contribution in [0, 0.1) is 0 Å². The van der Waals surface area contributed by atoms with Crippen molar-refractivity contribution in [3.05, 3.63) is 64.7 Å². The molecule has 1 heterocycles. The Morgan fingerprint density at radius 1 is 1.15 bits per heavy atom. The number of anilines is 1. The average Bonchev–Trinajstić information content (AvgIpc) is 2.67. The van der Waals surface area contributed by atoms with E-state index in [0.717, 1.165) is 29.9 Å². The van der Waals surface area contributed by atoms with Gasteiger partial charge in [0.2, 0.25) is 5.91 Å². The molecule has 2 aromatic carbocycles. The molecular formula is C21H25ClN2O2. The fourth-order valence-corrected chi connectivity index (χ4v) is 3.62. The number of carbonyl (C=O) groups excluding carboxylic acids is 1. The highest BCUT2D eigenvalue weighted by atomic mass is 35.5. The van der Waals surface area contributed by atoms with E-state index in [0.29, 0.717) is 31.1 Å². The third kappa shape index (κ3) is 4.26. The number of hydrogen-bond acceptors (Lipinski definition) is 3. The van der Waals surface area contributed by atoms with Crippen molar-refractivity contribution in [3.63, 3.8) is 0 Å². The fraction of sp³-hybridized carbons (Fsp3) is 0.381. The minimum absolute atomic E-state index is 0.00340. The summed E-state index contributed by atoms with van der Waals surface area (Å²) in [5.74, 6) is 0.00340. The molecule has 0 bridgehead atoms. The molecular weight excluding hydrogens is 348 g/mol. The van der Waals surface area contributed by atoms with Crippen LogP contribution in [0.25, 0.3) is 0 Å². The van der Waals surface area contributed by atoms with Crippen molar-refractivity contribution >= 4 is 23.2 Å². The van der Waals surface area contributed by atoms with Crippen LogP contribution in [-0.4, -0.2) is 25.7 Å². The average molecular weight is 373 g/mol. The van der Waals surface area contributed by atoms with E-state index in [1.54, 1.807) is 0 Å². The Bertz CT molecular complexity index is 757. The monoisotopic (exact) mass is 372 g/mol. The van der Waals surface area contributed by atoms with Gasteiger partial charge in [-0.2, -0.15) is 0 Å². The van der Waals surface area contributed by atoms with Crippen molar-refractivity contribution in [1.82, 2.24) is 5.32 Å². The highest BCUT2D eigenvalue weighted by Gasteiger charge is 2.41. The van der Waals surface area contributed by atoms with E-state index in [9.17, 15) is 4.79 Å². The van der Waals surface area contributed by atoms with Gasteiger partial charge in [0.05, 0.1) is 5.41 Å². The highest BCUT2D eigenvalue weighted by Crippen LogP contribution is 2.37. The van der Waals surface area contributed by atoms with Gasteiger partial charge in [-0.3, -0.25) is 4.79 Å². The minimum atomic E-state index is -0.610. The molecule has 1 saturated heterocycles. The van der Waals surface area contributed by atoms with Crippen molar-refractivity contribution in [2.45, 2.75) is 31.7 Å². The SMILES string of the molecule is CCNCc1cccc(NC(=O)C2(c3cccc(Cl)c3)CCOCC2)c1. The molecule has 0 radical (unpaired) electrons. The van der Waals surface area contributed by atoms with Crippen LogP contribution < -0.4 is 10.6 Å². The molecule has 0 spiro atoms. The number of nitrogens with one attached hydrogen (secondary N) is 2. The Morgan fingerprint density at radius 3 is 2.65 bits per heavy atom. The van der Waals surface area contributed by atoms with Crippen LogP contribution in [-0.2, 0) is 21.5 Å². The first-order chi connectivity index (χ1) is 12.6. The molecule has 2 N–H and O–H groups in total. The molecule has 2 aromatic rings. The predicted molar refractivity (Wildman–Crippen MR) is 106 cm³/mol. The van der Waals surface area contributed by atoms with Crippen molar-refractivity contribution in [2.75, 3.05) is 25.1 Å². The number of amides is 1. The lowest BCUT2D eigenvalue weighted by Gasteiger charge is -2.36. The largest absolute Gasteiger partial charge is 0.381 e. The zero-order chi connectivity index (χ0) is 18.4. The van der Waals surface area contributed by atoms with Gasteiger partial charge in [0.1, 0.15) is 0 Å². The lowest BCUT2D eigenvalue weighted by Crippen LogP contribution is -2.44. The van der Waals surface area contributed by atoms with Gasteiger partial charge in [-0.1, -0.05) is 42.8 Å². The first kappa shape index (κ1) is 18.9. The van der Waals surface area contributed by atoms with Crippen LogP contribution >= 0.6 is 11.6 Å². The number of hydrogen-bond donors (Lipinski definition) is 2. The van der Waals surface area contributed by atoms with Crippen LogP contribution in [0.15, 0.2) is 48.5 Å². The highest BCUT2D eigenvalue weighted by molar-refractivity contribution is 6.30. The van der Waals surface area contributed by atoms with E-state index in [1.165, 1.54) is 0 Å². The Labute approximate surface area is 159 Å². The Hall–Kier alpha value is -1.88. The van der Waals surface area contributed by atoms with Crippen LogP contribution in [0.3, 0.4) is 0 Å². The molecule has 0 unspecified atom stereocenters. The van der Waals surface area contributed by atoms with Crippen LogP contribution in [0.4, 0.5) is 5.69 Å². The molecule has 1 aliphatic rings. The van der Waals surface area contributed by atoms with Gasteiger partial charge >= 0.3 is 0 Å². The number of benzene rings is 2. The number of halogens is 1. The Kier molecular flexibility index (Phi) is 6.30. The van der Waals surface area contributed by atoms with E-state index >= 15 is 0 Å². The van der Waals surface area contributed by atoms with Crippen molar-refractivity contribution < 1.29 is 9.53 Å². The second kappa shape index (κ2) is 8.67. The minimum Gasteiger partial charge on any atom is -0.381 e. The van der Waals surface area contributed by atoms with E-state index in [-0.39, 0.29) is 5.91 Å². The maximum absolute atomic E-state index is 13.3. The summed E-state index contributed by atoms with van der Waals surface area (Å²) < 4.78 is 5.52. The molecule has 1 amide bonds. The molecule has 0 aromatic heterocycles. The van der Waals surface area contributed by atoms with E-state index in [2.05, 4.69) is 23.6 Å². The lowest BCUT2D eigenvalue weighted by atomic mass is 9.73. The normalized spacial score (nSPS) is 16.2. The van der Waals surface area contributed by atoms with Gasteiger partial charge in [-0.15, -0.1) is 0 Å². The van der Waals surface area contributed by atoms with Gasteiger partial charge in [-0.05, 0) is 54.8 Å². The first-order valence-electron chi connectivity index (χ1n) is 9.09. The molecule has 138 valence electrons. The topological polar surface area (TPSA) is 50.4 Å². The third-order valence-corrected chi connectivity index (χ3v) is 5.16. The fourth-order valence-electron chi connectivity index (χ4n) is 3.43. The number of carbonyl (C=O) groups is 1. The first-order valence-corrected chi connectivity index (χ1v) is 9.47. The van der Waals surface area contributed by atoms with Crippen molar-refractivity contribution in [2.24, 2.45) is 0 Å². The summed E-state index contributed by atoms with van der Waals surface area (Å²) >= 11 is 6.19. The molecule has 0 aliphatic carbocycles. The van der Waals surface area contributed by atoms with Crippen molar-refractivity contribution in [3.8, 4) is 0 Å². The van der Waals surface area contributed by atoms with Crippen LogP contribution in [0.2, 0.25) is 5.02 Å². The lowest BCUT2D eigenvalue weighted by molar-refractivity contribution is -0.125. The summed E-state index contributed by atoms with van der Waals surface area (Å²) in [6, 6.07) is 15.6. The van der Waals surface area contributed by atoms with E-state index in [1.807, 2.05) is 42.5 Å². The summed E-state index contributed by atoms with van der Waals surface area (Å²) in [6.07, 6.45) is 1.30. The third-order valence-electron chi connectivity index (χ3n) is 4.92. The van der Waals surface area contributed by atoms with Crippen LogP contribution in [0.1, 0.15) is 30.9 Å². The predicted octanol–water partition coefficient (Wildman–Crippen LogP) is 4.14. The molecule has 26 heavy (non-hydrogen) atoms. The summed E-state index contributed by atoms with van der Waals surface area (Å²) in [6.45, 7) is 4.91. The maximum Gasteiger partial charge on any atom is 0.235 e. The van der Waals surface area contributed by atoms with Gasteiger partial charge in [0.25, 0.3) is 0 Å². The standard InChI is InChI=1S/C21H25ClN2O2/c1-2-23-15-16-5-3-8-19(13-16)24-20(25)21(9-11-26-12-10-21)17-6-4-7-18(22)14-17/h3-8,13-14,23H,2,9-12,15H2,1H3,(H,24,25). The number of ether oxygens (including phenoxy) is 1. The summed E-state index contributed by atoms with van der Waals surface area (Å²) in [5, 5.41) is 7.07.